The topological polar surface area (TPSA) is 84.1 Å². The number of nitrogens with one attached hydrogen (secondary N) is 2. The molecule has 4 aromatic rings. The number of methoxy groups -OCH3 is 1. The summed E-state index contributed by atoms with van der Waals surface area (Å²) in [5.74, 6) is -1.47. The van der Waals surface area contributed by atoms with Crippen LogP contribution in [0.2, 0.25) is 0 Å². The molecule has 29 heavy (non-hydrogen) atoms. The number of fused-ring (bicyclic) bond motifs is 2. The van der Waals surface area contributed by atoms with Crippen molar-refractivity contribution < 1.29 is 14.3 Å². The molecule has 1 saturated heterocycles. The van der Waals surface area contributed by atoms with Crippen LogP contribution in [-0.2, 0) is 9.59 Å². The summed E-state index contributed by atoms with van der Waals surface area (Å²) in [6.07, 6.45) is 1.83. The van der Waals surface area contributed by atoms with Crippen LogP contribution in [0.15, 0.2) is 54.7 Å². The van der Waals surface area contributed by atoms with Crippen molar-refractivity contribution >= 4 is 33.6 Å². The van der Waals surface area contributed by atoms with Crippen LogP contribution in [0.4, 0.5) is 0 Å². The van der Waals surface area contributed by atoms with E-state index in [2.05, 4.69) is 15.3 Å². The molecule has 0 aliphatic carbocycles. The minimum atomic E-state index is -0.664. The summed E-state index contributed by atoms with van der Waals surface area (Å²) in [5.41, 5.74) is 4.27. The lowest BCUT2D eigenvalue weighted by molar-refractivity contribution is -0.125. The minimum Gasteiger partial charge on any atom is -0.481 e. The van der Waals surface area contributed by atoms with Crippen molar-refractivity contribution in [2.24, 2.45) is 0 Å². The van der Waals surface area contributed by atoms with Crippen molar-refractivity contribution in [1.29, 1.82) is 0 Å². The lowest BCUT2D eigenvalue weighted by atomic mass is 9.81. The number of rotatable bonds is 3. The fourth-order valence-electron chi connectivity index (χ4n) is 4.27. The molecule has 0 saturated carbocycles. The number of pyridine rings is 1. The molecule has 144 valence electrons. The first-order valence-corrected chi connectivity index (χ1v) is 9.43. The fraction of sp³-hybridized carbons (Fsp3) is 0.174. The van der Waals surface area contributed by atoms with Crippen molar-refractivity contribution in [1.82, 2.24) is 15.3 Å². The summed E-state index contributed by atoms with van der Waals surface area (Å²) in [6.45, 7) is 1.99. The van der Waals surface area contributed by atoms with Gasteiger partial charge in [0.2, 0.25) is 17.7 Å². The van der Waals surface area contributed by atoms with Crippen molar-refractivity contribution in [2.75, 3.05) is 7.11 Å². The van der Waals surface area contributed by atoms with E-state index in [0.717, 1.165) is 38.5 Å². The molecule has 1 aliphatic heterocycles. The second kappa shape index (κ2) is 6.44. The van der Waals surface area contributed by atoms with Crippen LogP contribution in [-0.4, -0.2) is 28.9 Å². The standard InChI is InChI=1S/C23H19N3O3/c1-12-7-8-18-14(9-12)15(10-19(25-18)29-2)20-21(23(28)26-22(20)27)16-11-24-17-6-4-3-5-13(16)17/h3-11,20-21,24H,1-2H3,(H,26,27,28). The summed E-state index contributed by atoms with van der Waals surface area (Å²) < 4.78 is 5.38. The van der Waals surface area contributed by atoms with E-state index < -0.39 is 11.8 Å². The summed E-state index contributed by atoms with van der Waals surface area (Å²) in [6, 6.07) is 15.4. The number of ether oxygens (including phenoxy) is 1. The Kier molecular flexibility index (Phi) is 3.87. The normalized spacial score (nSPS) is 19.1. The fourth-order valence-corrected chi connectivity index (χ4v) is 4.27. The zero-order valence-corrected chi connectivity index (χ0v) is 16.0. The number of para-hydroxylation sites is 1. The van der Waals surface area contributed by atoms with Gasteiger partial charge in [-0.2, -0.15) is 0 Å². The van der Waals surface area contributed by atoms with Crippen molar-refractivity contribution in [3.63, 3.8) is 0 Å². The molecule has 1 fully saturated rings. The molecular formula is C23H19N3O3. The predicted octanol–water partition coefficient (Wildman–Crippen LogP) is 3.56. The molecule has 6 heteroatoms. The van der Waals surface area contributed by atoms with Gasteiger partial charge in [0.05, 0.1) is 24.5 Å². The molecule has 0 radical (unpaired) electrons. The Balaban J connectivity index is 1.76. The molecule has 2 aromatic carbocycles. The Labute approximate surface area is 166 Å². The van der Waals surface area contributed by atoms with Crippen molar-refractivity contribution in [3.05, 3.63) is 71.4 Å². The molecule has 3 heterocycles. The first-order valence-electron chi connectivity index (χ1n) is 9.43. The number of nitrogens with zero attached hydrogens (tertiary/aromatic N) is 1. The van der Waals surface area contributed by atoms with E-state index in [4.69, 9.17) is 4.74 Å². The van der Waals surface area contributed by atoms with Gasteiger partial charge < -0.3 is 9.72 Å². The van der Waals surface area contributed by atoms with Gasteiger partial charge in [0.25, 0.3) is 0 Å². The van der Waals surface area contributed by atoms with Crippen LogP contribution in [0.5, 0.6) is 5.88 Å². The Morgan fingerprint density at radius 3 is 2.48 bits per heavy atom. The summed E-state index contributed by atoms with van der Waals surface area (Å²) in [5, 5.41) is 4.32. The zero-order valence-electron chi connectivity index (χ0n) is 16.0. The number of amides is 2. The lowest BCUT2D eigenvalue weighted by Crippen LogP contribution is -2.21. The third-order valence-corrected chi connectivity index (χ3v) is 5.62. The van der Waals surface area contributed by atoms with E-state index in [1.54, 1.807) is 13.2 Å². The van der Waals surface area contributed by atoms with Gasteiger partial charge in [-0.25, -0.2) is 4.98 Å². The van der Waals surface area contributed by atoms with E-state index in [9.17, 15) is 9.59 Å². The van der Waals surface area contributed by atoms with Gasteiger partial charge in [-0.05, 0) is 36.2 Å². The minimum absolute atomic E-state index is 0.290. The predicted molar refractivity (Wildman–Crippen MR) is 110 cm³/mol. The monoisotopic (exact) mass is 385 g/mol. The van der Waals surface area contributed by atoms with Crippen LogP contribution in [0, 0.1) is 6.92 Å². The highest BCUT2D eigenvalue weighted by atomic mass is 16.5. The van der Waals surface area contributed by atoms with E-state index in [-0.39, 0.29) is 11.8 Å². The lowest BCUT2D eigenvalue weighted by Gasteiger charge is -2.18. The second-order valence-corrected chi connectivity index (χ2v) is 7.37. The maximum atomic E-state index is 13.0. The van der Waals surface area contributed by atoms with Gasteiger partial charge in [0.1, 0.15) is 0 Å². The van der Waals surface area contributed by atoms with E-state index in [0.29, 0.717) is 5.88 Å². The number of imide groups is 1. The second-order valence-electron chi connectivity index (χ2n) is 7.37. The van der Waals surface area contributed by atoms with Crippen LogP contribution >= 0.6 is 0 Å². The van der Waals surface area contributed by atoms with Crippen LogP contribution in [0.1, 0.15) is 28.5 Å². The van der Waals surface area contributed by atoms with Gasteiger partial charge in [0, 0.05) is 28.6 Å². The molecule has 2 N–H and O–H groups in total. The molecule has 6 nitrogen and oxygen atoms in total. The molecule has 2 aromatic heterocycles. The highest BCUT2D eigenvalue weighted by molar-refractivity contribution is 6.13. The molecule has 0 bridgehead atoms. The van der Waals surface area contributed by atoms with Gasteiger partial charge >= 0.3 is 0 Å². The summed E-state index contributed by atoms with van der Waals surface area (Å²) in [4.78, 5) is 33.5. The van der Waals surface area contributed by atoms with Gasteiger partial charge in [-0.15, -0.1) is 0 Å². The summed E-state index contributed by atoms with van der Waals surface area (Å²) in [7, 11) is 1.54. The van der Waals surface area contributed by atoms with Gasteiger partial charge in [0.15, 0.2) is 0 Å². The van der Waals surface area contributed by atoms with Crippen LogP contribution in [0.25, 0.3) is 21.8 Å². The zero-order chi connectivity index (χ0) is 20.1. The molecular weight excluding hydrogens is 366 g/mol. The van der Waals surface area contributed by atoms with Gasteiger partial charge in [-0.1, -0.05) is 29.8 Å². The number of carbonyl (C=O) groups is 2. The van der Waals surface area contributed by atoms with Crippen molar-refractivity contribution in [2.45, 2.75) is 18.8 Å². The summed E-state index contributed by atoms with van der Waals surface area (Å²) >= 11 is 0. The average Bonchev–Trinajstić information content (AvgIpc) is 3.27. The largest absolute Gasteiger partial charge is 0.481 e. The number of benzene rings is 2. The van der Waals surface area contributed by atoms with Crippen molar-refractivity contribution in [3.8, 4) is 5.88 Å². The number of hydrogen-bond acceptors (Lipinski definition) is 4. The number of hydrogen-bond donors (Lipinski definition) is 2. The number of aryl methyl sites for hydroxylation is 1. The van der Waals surface area contributed by atoms with Crippen LogP contribution < -0.4 is 10.1 Å². The number of carbonyl (C=O) groups excluding carboxylic acids is 2. The Hall–Kier alpha value is -3.67. The van der Waals surface area contributed by atoms with E-state index in [1.807, 2.05) is 55.6 Å². The molecule has 2 atom stereocenters. The molecule has 5 rings (SSSR count). The van der Waals surface area contributed by atoms with Crippen LogP contribution in [0.3, 0.4) is 0 Å². The highest BCUT2D eigenvalue weighted by Gasteiger charge is 2.45. The third-order valence-electron chi connectivity index (χ3n) is 5.62. The molecule has 2 unspecified atom stereocenters. The Morgan fingerprint density at radius 1 is 0.931 bits per heavy atom. The molecule has 2 amide bonds. The quantitative estimate of drug-likeness (QED) is 0.528. The number of H-pyrrole nitrogens is 1. The average molecular weight is 385 g/mol. The van der Waals surface area contributed by atoms with Gasteiger partial charge in [-0.3, -0.25) is 14.9 Å². The SMILES string of the molecule is COc1cc(C2C(=O)NC(=O)C2c2c[nH]c3ccccc23)c2cc(C)ccc2n1. The maximum Gasteiger partial charge on any atom is 0.235 e. The first-order chi connectivity index (χ1) is 14.1. The van der Waals surface area contributed by atoms with E-state index >= 15 is 0 Å². The third kappa shape index (κ3) is 2.68. The van der Waals surface area contributed by atoms with E-state index in [1.165, 1.54) is 0 Å². The molecule has 0 spiro atoms. The Morgan fingerprint density at radius 2 is 1.69 bits per heavy atom. The molecule has 1 aliphatic rings. The number of aromatic amines is 1. The Bertz CT molecular complexity index is 1290. The first kappa shape index (κ1) is 17.4. The number of aromatic nitrogens is 2. The highest BCUT2D eigenvalue weighted by Crippen LogP contribution is 2.43. The smallest absolute Gasteiger partial charge is 0.235 e. The maximum absolute atomic E-state index is 13.0.